The SMILES string of the molecule is COc1cc2c(c(Cl)c1C)C(=O)C(C1CCCC1)C2. The van der Waals surface area contributed by atoms with E-state index in [0.29, 0.717) is 10.9 Å². The zero-order chi connectivity index (χ0) is 13.6. The topological polar surface area (TPSA) is 26.3 Å². The van der Waals surface area contributed by atoms with Crippen molar-refractivity contribution >= 4 is 17.4 Å². The Hall–Kier alpha value is -1.02. The van der Waals surface area contributed by atoms with Crippen molar-refractivity contribution < 1.29 is 9.53 Å². The van der Waals surface area contributed by atoms with Gasteiger partial charge in [-0.15, -0.1) is 0 Å². The zero-order valence-corrected chi connectivity index (χ0v) is 12.2. The summed E-state index contributed by atoms with van der Waals surface area (Å²) in [6.45, 7) is 1.91. The Morgan fingerprint density at radius 2 is 2.00 bits per heavy atom. The van der Waals surface area contributed by atoms with E-state index in [1.165, 1.54) is 25.7 Å². The van der Waals surface area contributed by atoms with Crippen LogP contribution in [0.3, 0.4) is 0 Å². The summed E-state index contributed by atoms with van der Waals surface area (Å²) in [6.07, 6.45) is 5.76. The van der Waals surface area contributed by atoms with E-state index < -0.39 is 0 Å². The largest absolute Gasteiger partial charge is 0.496 e. The number of carbonyl (C=O) groups is 1. The molecule has 0 bridgehead atoms. The van der Waals surface area contributed by atoms with E-state index in [0.717, 1.165) is 28.9 Å². The first kappa shape index (κ1) is 13.0. The van der Waals surface area contributed by atoms with E-state index in [4.69, 9.17) is 16.3 Å². The lowest BCUT2D eigenvalue weighted by molar-refractivity contribution is 0.0894. The Labute approximate surface area is 119 Å². The average Bonchev–Trinajstić information content (AvgIpc) is 3.01. The van der Waals surface area contributed by atoms with Crippen LogP contribution in [0.5, 0.6) is 5.75 Å². The van der Waals surface area contributed by atoms with Crippen molar-refractivity contribution in [2.75, 3.05) is 7.11 Å². The zero-order valence-electron chi connectivity index (χ0n) is 11.5. The molecule has 2 aliphatic carbocycles. The van der Waals surface area contributed by atoms with Crippen LogP contribution in [0.4, 0.5) is 0 Å². The number of hydrogen-bond acceptors (Lipinski definition) is 2. The second-order valence-electron chi connectivity index (χ2n) is 5.77. The number of halogens is 1. The van der Waals surface area contributed by atoms with Crippen LogP contribution < -0.4 is 4.74 Å². The van der Waals surface area contributed by atoms with Gasteiger partial charge in [0.15, 0.2) is 5.78 Å². The van der Waals surface area contributed by atoms with Crippen molar-refractivity contribution in [2.45, 2.75) is 39.0 Å². The monoisotopic (exact) mass is 278 g/mol. The van der Waals surface area contributed by atoms with Gasteiger partial charge in [0, 0.05) is 17.0 Å². The first-order valence-electron chi connectivity index (χ1n) is 7.03. The predicted octanol–water partition coefficient (Wildman–Crippen LogP) is 4.20. The molecule has 1 unspecified atom stereocenters. The number of ketones is 1. The molecule has 0 aliphatic heterocycles. The highest BCUT2D eigenvalue weighted by Gasteiger charge is 2.39. The molecule has 2 aliphatic rings. The molecule has 3 heteroatoms. The minimum atomic E-state index is 0.154. The number of hydrogen-bond donors (Lipinski definition) is 0. The minimum Gasteiger partial charge on any atom is -0.496 e. The molecule has 0 radical (unpaired) electrons. The highest BCUT2D eigenvalue weighted by molar-refractivity contribution is 6.35. The van der Waals surface area contributed by atoms with Gasteiger partial charge in [-0.05, 0) is 43.7 Å². The van der Waals surface area contributed by atoms with E-state index in [1.807, 2.05) is 13.0 Å². The van der Waals surface area contributed by atoms with Crippen molar-refractivity contribution in [3.63, 3.8) is 0 Å². The van der Waals surface area contributed by atoms with Crippen LogP contribution in [-0.4, -0.2) is 12.9 Å². The van der Waals surface area contributed by atoms with Crippen molar-refractivity contribution in [1.82, 2.24) is 0 Å². The van der Waals surface area contributed by atoms with Crippen LogP contribution in [0.25, 0.3) is 0 Å². The summed E-state index contributed by atoms with van der Waals surface area (Å²) in [7, 11) is 1.65. The Balaban J connectivity index is 2.00. The maximum Gasteiger partial charge on any atom is 0.168 e. The average molecular weight is 279 g/mol. The quantitative estimate of drug-likeness (QED) is 0.810. The van der Waals surface area contributed by atoms with Gasteiger partial charge in [-0.3, -0.25) is 4.79 Å². The Kier molecular flexibility index (Phi) is 3.30. The highest BCUT2D eigenvalue weighted by Crippen LogP contribution is 2.44. The molecule has 0 spiro atoms. The van der Waals surface area contributed by atoms with E-state index >= 15 is 0 Å². The third-order valence-corrected chi connectivity index (χ3v) is 5.23. The first-order valence-corrected chi connectivity index (χ1v) is 7.41. The summed E-state index contributed by atoms with van der Waals surface area (Å²) >= 11 is 6.39. The van der Waals surface area contributed by atoms with Gasteiger partial charge < -0.3 is 4.74 Å². The molecule has 0 amide bonds. The predicted molar refractivity (Wildman–Crippen MR) is 76.2 cm³/mol. The van der Waals surface area contributed by atoms with Gasteiger partial charge in [0.2, 0.25) is 0 Å². The van der Waals surface area contributed by atoms with Crippen LogP contribution in [0.15, 0.2) is 6.07 Å². The third kappa shape index (κ3) is 1.97. The minimum absolute atomic E-state index is 0.154. The molecule has 1 aromatic rings. The van der Waals surface area contributed by atoms with Crippen LogP contribution in [-0.2, 0) is 6.42 Å². The number of rotatable bonds is 2. The highest BCUT2D eigenvalue weighted by atomic mass is 35.5. The summed E-state index contributed by atoms with van der Waals surface area (Å²) in [6, 6.07) is 2.00. The number of methoxy groups -OCH3 is 1. The van der Waals surface area contributed by atoms with Crippen LogP contribution in [0.2, 0.25) is 5.02 Å². The van der Waals surface area contributed by atoms with Crippen molar-refractivity contribution in [3.05, 3.63) is 27.8 Å². The fourth-order valence-corrected chi connectivity index (χ4v) is 3.98. The number of carbonyl (C=O) groups excluding carboxylic acids is 1. The Morgan fingerprint density at radius 3 is 2.63 bits per heavy atom. The number of fused-ring (bicyclic) bond motifs is 1. The molecular formula is C16H19ClO2. The lowest BCUT2D eigenvalue weighted by Crippen LogP contribution is -2.18. The molecular weight excluding hydrogens is 260 g/mol. The smallest absolute Gasteiger partial charge is 0.168 e. The van der Waals surface area contributed by atoms with Gasteiger partial charge in [-0.1, -0.05) is 24.4 Å². The van der Waals surface area contributed by atoms with E-state index in [9.17, 15) is 4.79 Å². The standard InChI is InChI=1S/C16H19ClO2/c1-9-13(19-2)8-11-7-12(10-5-3-4-6-10)16(18)14(11)15(9)17/h8,10,12H,3-7H2,1-2H3. The van der Waals surface area contributed by atoms with E-state index in [-0.39, 0.29) is 11.7 Å². The van der Waals surface area contributed by atoms with Gasteiger partial charge in [0.05, 0.1) is 12.1 Å². The molecule has 102 valence electrons. The molecule has 0 saturated heterocycles. The molecule has 0 heterocycles. The maximum absolute atomic E-state index is 12.6. The van der Waals surface area contributed by atoms with Crippen LogP contribution in [0, 0.1) is 18.8 Å². The molecule has 0 aromatic heterocycles. The van der Waals surface area contributed by atoms with E-state index in [1.54, 1.807) is 7.11 Å². The van der Waals surface area contributed by atoms with Gasteiger partial charge in [0.25, 0.3) is 0 Å². The van der Waals surface area contributed by atoms with Gasteiger partial charge in [-0.2, -0.15) is 0 Å². The first-order chi connectivity index (χ1) is 9.13. The summed E-state index contributed by atoms with van der Waals surface area (Å²) in [5, 5.41) is 0.597. The Morgan fingerprint density at radius 1 is 1.32 bits per heavy atom. The van der Waals surface area contributed by atoms with Gasteiger partial charge in [-0.25, -0.2) is 0 Å². The van der Waals surface area contributed by atoms with Crippen molar-refractivity contribution in [1.29, 1.82) is 0 Å². The summed E-state index contributed by atoms with van der Waals surface area (Å²) in [5.41, 5.74) is 2.72. The fourth-order valence-electron chi connectivity index (χ4n) is 3.67. The van der Waals surface area contributed by atoms with Crippen LogP contribution >= 0.6 is 11.6 Å². The normalized spacial score (nSPS) is 22.9. The molecule has 19 heavy (non-hydrogen) atoms. The lowest BCUT2D eigenvalue weighted by Gasteiger charge is -2.15. The molecule has 1 aromatic carbocycles. The summed E-state index contributed by atoms with van der Waals surface area (Å²) in [4.78, 5) is 12.6. The number of Topliss-reactive ketones (excluding diaryl/α,β-unsaturated/α-hetero) is 1. The molecule has 0 N–H and O–H groups in total. The van der Waals surface area contributed by atoms with Gasteiger partial charge >= 0.3 is 0 Å². The van der Waals surface area contributed by atoms with Crippen molar-refractivity contribution in [3.8, 4) is 5.75 Å². The maximum atomic E-state index is 12.6. The van der Waals surface area contributed by atoms with Crippen LogP contribution in [0.1, 0.15) is 47.2 Å². The molecule has 3 rings (SSSR count). The molecule has 1 atom stereocenters. The number of ether oxygens (including phenoxy) is 1. The Bertz CT molecular complexity index is 530. The second kappa shape index (κ2) is 4.82. The fraction of sp³-hybridized carbons (Fsp3) is 0.562. The number of benzene rings is 1. The van der Waals surface area contributed by atoms with E-state index in [2.05, 4.69) is 0 Å². The lowest BCUT2D eigenvalue weighted by atomic mass is 9.88. The summed E-state index contributed by atoms with van der Waals surface area (Å²) < 4.78 is 5.35. The molecule has 1 saturated carbocycles. The van der Waals surface area contributed by atoms with Crippen molar-refractivity contribution in [2.24, 2.45) is 11.8 Å². The molecule has 2 nitrogen and oxygen atoms in total. The second-order valence-corrected chi connectivity index (χ2v) is 6.15. The third-order valence-electron chi connectivity index (χ3n) is 4.76. The summed E-state index contributed by atoms with van der Waals surface area (Å²) in [5.74, 6) is 1.77. The molecule has 1 fully saturated rings. The van der Waals surface area contributed by atoms with Gasteiger partial charge in [0.1, 0.15) is 5.75 Å².